The van der Waals surface area contributed by atoms with Crippen LogP contribution in [0, 0.1) is 0 Å². The van der Waals surface area contributed by atoms with Gasteiger partial charge in [-0.25, -0.2) is 4.79 Å². The van der Waals surface area contributed by atoms with E-state index >= 15 is 0 Å². The number of carboxylic acids is 1. The lowest BCUT2D eigenvalue weighted by Gasteiger charge is -2.19. The molecule has 0 spiro atoms. The first-order chi connectivity index (χ1) is 11.2. The van der Waals surface area contributed by atoms with Crippen LogP contribution in [0.3, 0.4) is 0 Å². The van der Waals surface area contributed by atoms with Crippen molar-refractivity contribution in [3.05, 3.63) is 60.2 Å². The largest absolute Gasteiger partial charge is 0.486 e. The monoisotopic (exact) mass is 306 g/mol. The second kappa shape index (κ2) is 5.32. The van der Waals surface area contributed by atoms with E-state index in [-0.39, 0.29) is 0 Å². The summed E-state index contributed by atoms with van der Waals surface area (Å²) < 4.78 is 11.2. The van der Waals surface area contributed by atoms with Crippen LogP contribution >= 0.6 is 0 Å². The van der Waals surface area contributed by atoms with E-state index in [0.29, 0.717) is 18.8 Å². The zero-order valence-electron chi connectivity index (χ0n) is 12.3. The third kappa shape index (κ3) is 2.28. The van der Waals surface area contributed by atoms with Gasteiger partial charge in [0.05, 0.1) is 5.56 Å². The highest BCUT2D eigenvalue weighted by atomic mass is 16.6. The van der Waals surface area contributed by atoms with E-state index in [0.717, 1.165) is 33.4 Å². The predicted molar refractivity (Wildman–Crippen MR) is 87.3 cm³/mol. The summed E-state index contributed by atoms with van der Waals surface area (Å²) in [5, 5.41) is 11.0. The lowest BCUT2D eigenvalue weighted by Crippen LogP contribution is -2.15. The highest BCUT2D eigenvalue weighted by Gasteiger charge is 2.15. The molecule has 23 heavy (non-hydrogen) atoms. The van der Waals surface area contributed by atoms with Gasteiger partial charge in [-0.05, 0) is 40.1 Å². The van der Waals surface area contributed by atoms with Gasteiger partial charge in [0.1, 0.15) is 13.2 Å². The van der Waals surface area contributed by atoms with Crippen molar-refractivity contribution in [2.24, 2.45) is 0 Å². The lowest BCUT2D eigenvalue weighted by molar-refractivity contribution is 0.0699. The Kier molecular flexibility index (Phi) is 3.15. The molecule has 4 rings (SSSR count). The molecule has 0 aromatic heterocycles. The van der Waals surface area contributed by atoms with Crippen molar-refractivity contribution < 1.29 is 19.4 Å². The molecule has 1 aliphatic rings. The minimum Gasteiger partial charge on any atom is -0.486 e. The Balaban J connectivity index is 1.93. The van der Waals surface area contributed by atoms with Crippen LogP contribution < -0.4 is 9.47 Å². The number of hydrogen-bond donors (Lipinski definition) is 1. The number of benzene rings is 3. The van der Waals surface area contributed by atoms with Crippen molar-refractivity contribution in [1.29, 1.82) is 0 Å². The Bertz CT molecular complexity index is 914. The Morgan fingerprint density at radius 3 is 2.39 bits per heavy atom. The third-order valence-corrected chi connectivity index (χ3v) is 4.01. The first kappa shape index (κ1) is 13.6. The topological polar surface area (TPSA) is 55.8 Å². The summed E-state index contributed by atoms with van der Waals surface area (Å²) in [5.41, 5.74) is 2.26. The van der Waals surface area contributed by atoms with Crippen LogP contribution in [0.1, 0.15) is 10.4 Å². The highest BCUT2D eigenvalue weighted by molar-refractivity contribution is 6.08. The van der Waals surface area contributed by atoms with Crippen molar-refractivity contribution in [1.82, 2.24) is 0 Å². The van der Waals surface area contributed by atoms with Crippen LogP contribution in [0.25, 0.3) is 21.9 Å². The van der Waals surface area contributed by atoms with Crippen LogP contribution in [0.15, 0.2) is 54.6 Å². The minimum atomic E-state index is -0.921. The zero-order valence-corrected chi connectivity index (χ0v) is 12.3. The third-order valence-electron chi connectivity index (χ3n) is 4.01. The molecule has 1 aliphatic heterocycles. The second-order valence-electron chi connectivity index (χ2n) is 5.37. The normalized spacial score (nSPS) is 13.0. The summed E-state index contributed by atoms with van der Waals surface area (Å²) in [6.45, 7) is 1.09. The van der Waals surface area contributed by atoms with Gasteiger partial charge in [-0.3, -0.25) is 0 Å². The van der Waals surface area contributed by atoms with Gasteiger partial charge in [0.2, 0.25) is 0 Å². The molecule has 1 N–H and O–H groups in total. The first-order valence-electron chi connectivity index (χ1n) is 7.39. The number of aromatic carboxylic acids is 1. The summed E-state index contributed by atoms with van der Waals surface area (Å²) in [4.78, 5) is 11.4. The number of carbonyl (C=O) groups is 1. The minimum absolute atomic E-state index is 0.307. The molecule has 4 nitrogen and oxygen atoms in total. The molecule has 0 saturated carbocycles. The highest BCUT2D eigenvalue weighted by Crippen LogP contribution is 2.37. The molecular formula is C19H14O4. The Morgan fingerprint density at radius 1 is 0.870 bits per heavy atom. The van der Waals surface area contributed by atoms with Crippen molar-refractivity contribution in [2.75, 3.05) is 13.2 Å². The van der Waals surface area contributed by atoms with Crippen LogP contribution in [0.5, 0.6) is 11.5 Å². The first-order valence-corrected chi connectivity index (χ1v) is 7.39. The molecule has 114 valence electrons. The number of carboxylic acid groups (broad SMARTS) is 1. The molecule has 3 aromatic carbocycles. The summed E-state index contributed by atoms with van der Waals surface area (Å²) in [5.74, 6) is 0.543. The molecule has 0 aliphatic carbocycles. The SMILES string of the molecule is O=C(O)c1ccc(-c2ccc3c(c2)OCCO3)c2ccccc12. The molecule has 0 saturated heterocycles. The van der Waals surface area contributed by atoms with Gasteiger partial charge in [0.15, 0.2) is 11.5 Å². The number of ether oxygens (including phenoxy) is 2. The smallest absolute Gasteiger partial charge is 0.336 e. The van der Waals surface area contributed by atoms with E-state index in [1.807, 2.05) is 48.5 Å². The molecule has 0 radical (unpaired) electrons. The van der Waals surface area contributed by atoms with E-state index in [1.54, 1.807) is 6.07 Å². The zero-order chi connectivity index (χ0) is 15.8. The summed E-state index contributed by atoms with van der Waals surface area (Å²) in [6, 6.07) is 16.8. The van der Waals surface area contributed by atoms with Gasteiger partial charge in [0, 0.05) is 0 Å². The van der Waals surface area contributed by atoms with Crippen molar-refractivity contribution >= 4 is 16.7 Å². The molecule has 0 fully saturated rings. The molecule has 1 heterocycles. The maximum absolute atomic E-state index is 11.4. The van der Waals surface area contributed by atoms with E-state index in [1.165, 1.54) is 0 Å². The van der Waals surface area contributed by atoms with Crippen LogP contribution in [-0.4, -0.2) is 24.3 Å². The molecule has 4 heteroatoms. The van der Waals surface area contributed by atoms with Gasteiger partial charge >= 0.3 is 5.97 Å². The fraction of sp³-hybridized carbons (Fsp3) is 0.105. The summed E-state index contributed by atoms with van der Waals surface area (Å²) in [7, 11) is 0. The van der Waals surface area contributed by atoms with Crippen LogP contribution in [-0.2, 0) is 0 Å². The molecule has 0 atom stereocenters. The Hall–Kier alpha value is -3.01. The van der Waals surface area contributed by atoms with Gasteiger partial charge in [-0.1, -0.05) is 36.4 Å². The fourth-order valence-electron chi connectivity index (χ4n) is 2.95. The van der Waals surface area contributed by atoms with Crippen molar-refractivity contribution in [2.45, 2.75) is 0 Å². The Labute approximate surface area is 132 Å². The van der Waals surface area contributed by atoms with Gasteiger partial charge in [-0.15, -0.1) is 0 Å². The van der Waals surface area contributed by atoms with E-state index < -0.39 is 5.97 Å². The molecule has 0 amide bonds. The average Bonchev–Trinajstić information content (AvgIpc) is 2.60. The lowest BCUT2D eigenvalue weighted by atomic mass is 9.95. The number of hydrogen-bond acceptors (Lipinski definition) is 3. The molecule has 3 aromatic rings. The Morgan fingerprint density at radius 2 is 1.61 bits per heavy atom. The molecule has 0 unspecified atom stereocenters. The summed E-state index contributed by atoms with van der Waals surface area (Å²) in [6.07, 6.45) is 0. The number of fused-ring (bicyclic) bond motifs is 2. The number of rotatable bonds is 2. The molecular weight excluding hydrogens is 292 g/mol. The molecule has 0 bridgehead atoms. The fourth-order valence-corrected chi connectivity index (χ4v) is 2.95. The summed E-state index contributed by atoms with van der Waals surface area (Å²) >= 11 is 0. The standard InChI is InChI=1S/C19H14O4/c20-19(21)16-7-6-13(14-3-1-2-4-15(14)16)12-5-8-17-18(11-12)23-10-9-22-17/h1-8,11H,9-10H2,(H,20,21). The maximum Gasteiger partial charge on any atom is 0.336 e. The van der Waals surface area contributed by atoms with Crippen molar-refractivity contribution in [3.63, 3.8) is 0 Å². The van der Waals surface area contributed by atoms with Crippen LogP contribution in [0.4, 0.5) is 0 Å². The second-order valence-corrected chi connectivity index (χ2v) is 5.37. The van der Waals surface area contributed by atoms with E-state index in [9.17, 15) is 9.90 Å². The van der Waals surface area contributed by atoms with Gasteiger partial charge < -0.3 is 14.6 Å². The van der Waals surface area contributed by atoms with Gasteiger partial charge in [-0.2, -0.15) is 0 Å². The van der Waals surface area contributed by atoms with Crippen molar-refractivity contribution in [3.8, 4) is 22.6 Å². The van der Waals surface area contributed by atoms with Gasteiger partial charge in [0.25, 0.3) is 0 Å². The maximum atomic E-state index is 11.4. The van der Waals surface area contributed by atoms with Crippen LogP contribution in [0.2, 0.25) is 0 Å². The quantitative estimate of drug-likeness (QED) is 0.778. The average molecular weight is 306 g/mol. The predicted octanol–water partition coefficient (Wildman–Crippen LogP) is 3.98. The van der Waals surface area contributed by atoms with E-state index in [4.69, 9.17) is 9.47 Å². The van der Waals surface area contributed by atoms with E-state index in [2.05, 4.69) is 0 Å².